The van der Waals surface area contributed by atoms with Crippen molar-refractivity contribution < 1.29 is 0 Å². The van der Waals surface area contributed by atoms with Crippen LogP contribution in [0.1, 0.15) is 5.56 Å². The van der Waals surface area contributed by atoms with Crippen molar-refractivity contribution in [3.8, 4) is 0 Å². The quantitative estimate of drug-likeness (QED) is 0.487. The fourth-order valence-corrected chi connectivity index (χ4v) is 1.38. The van der Waals surface area contributed by atoms with Gasteiger partial charge in [0.15, 0.2) is 0 Å². The summed E-state index contributed by atoms with van der Waals surface area (Å²) in [5.74, 6) is 0. The van der Waals surface area contributed by atoms with E-state index >= 15 is 0 Å². The van der Waals surface area contributed by atoms with Crippen molar-refractivity contribution in [3.05, 3.63) is 23.8 Å². The molecular formula is C8H11IN2. The molecule has 0 aromatic heterocycles. The van der Waals surface area contributed by atoms with Gasteiger partial charge >= 0.3 is 0 Å². The maximum absolute atomic E-state index is 5.69. The Labute approximate surface area is 80.3 Å². The van der Waals surface area contributed by atoms with Gasteiger partial charge in [-0.15, -0.1) is 0 Å². The van der Waals surface area contributed by atoms with Crippen LogP contribution in [0.5, 0.6) is 0 Å². The van der Waals surface area contributed by atoms with Crippen molar-refractivity contribution in [1.82, 2.24) is 0 Å². The standard InChI is InChI=1S/C8H11IN2/c1-11-8-4-6(5-9)2-3-7(8)10/h2-4,11H,5,10H2,1H3. The number of benzene rings is 1. The summed E-state index contributed by atoms with van der Waals surface area (Å²) in [6.45, 7) is 0. The minimum absolute atomic E-state index is 0.807. The average molecular weight is 262 g/mol. The number of anilines is 2. The third kappa shape index (κ3) is 1.99. The molecule has 0 radical (unpaired) electrons. The number of hydrogen-bond donors (Lipinski definition) is 2. The molecule has 1 aromatic rings. The molecule has 3 heteroatoms. The number of nitrogen functional groups attached to an aromatic ring is 1. The topological polar surface area (TPSA) is 38.0 Å². The second kappa shape index (κ2) is 3.80. The Balaban J connectivity index is 3.02. The highest BCUT2D eigenvalue weighted by atomic mass is 127. The van der Waals surface area contributed by atoms with Crippen molar-refractivity contribution >= 4 is 34.0 Å². The smallest absolute Gasteiger partial charge is 0.0574 e. The number of nitrogens with two attached hydrogens (primary N) is 1. The van der Waals surface area contributed by atoms with E-state index in [2.05, 4.69) is 34.0 Å². The van der Waals surface area contributed by atoms with Crippen LogP contribution >= 0.6 is 22.6 Å². The van der Waals surface area contributed by atoms with Gasteiger partial charge in [0.1, 0.15) is 0 Å². The molecule has 0 amide bonds. The molecule has 0 aliphatic heterocycles. The first-order valence-corrected chi connectivity index (χ1v) is 4.92. The Kier molecular flexibility index (Phi) is 2.99. The second-order valence-electron chi connectivity index (χ2n) is 2.31. The second-order valence-corrected chi connectivity index (χ2v) is 3.07. The van der Waals surface area contributed by atoms with Crippen LogP contribution in [0.4, 0.5) is 11.4 Å². The van der Waals surface area contributed by atoms with E-state index in [1.807, 2.05) is 19.2 Å². The number of nitrogens with one attached hydrogen (secondary N) is 1. The van der Waals surface area contributed by atoms with Gasteiger partial charge in [0.2, 0.25) is 0 Å². The predicted octanol–water partition coefficient (Wildman–Crippen LogP) is 2.25. The summed E-state index contributed by atoms with van der Waals surface area (Å²) in [7, 11) is 1.88. The Morgan fingerprint density at radius 1 is 1.55 bits per heavy atom. The van der Waals surface area contributed by atoms with Crippen molar-refractivity contribution in [1.29, 1.82) is 0 Å². The minimum Gasteiger partial charge on any atom is -0.397 e. The van der Waals surface area contributed by atoms with Crippen LogP contribution < -0.4 is 11.1 Å². The lowest BCUT2D eigenvalue weighted by Crippen LogP contribution is -1.95. The van der Waals surface area contributed by atoms with Gasteiger partial charge in [-0.1, -0.05) is 28.7 Å². The first kappa shape index (κ1) is 8.64. The Bertz CT molecular complexity index is 248. The van der Waals surface area contributed by atoms with Crippen LogP contribution in [0, 0.1) is 0 Å². The zero-order valence-corrected chi connectivity index (χ0v) is 8.55. The fraction of sp³-hybridized carbons (Fsp3) is 0.250. The van der Waals surface area contributed by atoms with Crippen LogP contribution in [0.15, 0.2) is 18.2 Å². The molecule has 1 aromatic carbocycles. The van der Waals surface area contributed by atoms with E-state index in [-0.39, 0.29) is 0 Å². The lowest BCUT2D eigenvalue weighted by molar-refractivity contribution is 1.42. The van der Waals surface area contributed by atoms with Crippen LogP contribution in [0.2, 0.25) is 0 Å². The zero-order valence-electron chi connectivity index (χ0n) is 6.39. The summed E-state index contributed by atoms with van der Waals surface area (Å²) >= 11 is 2.33. The molecule has 3 N–H and O–H groups in total. The van der Waals surface area contributed by atoms with E-state index in [1.165, 1.54) is 5.56 Å². The van der Waals surface area contributed by atoms with Crippen molar-refractivity contribution in [2.75, 3.05) is 18.1 Å². The van der Waals surface area contributed by atoms with E-state index in [1.54, 1.807) is 0 Å². The van der Waals surface area contributed by atoms with E-state index < -0.39 is 0 Å². The Morgan fingerprint density at radius 2 is 2.27 bits per heavy atom. The van der Waals surface area contributed by atoms with Crippen LogP contribution in [0.25, 0.3) is 0 Å². The molecule has 0 aliphatic rings. The summed E-state index contributed by atoms with van der Waals surface area (Å²) in [5.41, 5.74) is 8.80. The van der Waals surface area contributed by atoms with Gasteiger partial charge < -0.3 is 11.1 Å². The molecule has 2 nitrogen and oxygen atoms in total. The van der Waals surface area contributed by atoms with Gasteiger partial charge in [-0.05, 0) is 17.7 Å². The highest BCUT2D eigenvalue weighted by molar-refractivity contribution is 14.1. The normalized spacial score (nSPS) is 9.64. The molecule has 0 saturated heterocycles. The molecular weight excluding hydrogens is 251 g/mol. The molecule has 0 atom stereocenters. The van der Waals surface area contributed by atoms with Crippen molar-refractivity contribution in [2.24, 2.45) is 0 Å². The van der Waals surface area contributed by atoms with Gasteiger partial charge in [-0.3, -0.25) is 0 Å². The maximum atomic E-state index is 5.69. The summed E-state index contributed by atoms with van der Waals surface area (Å²) in [6.07, 6.45) is 0. The summed E-state index contributed by atoms with van der Waals surface area (Å²) < 4.78 is 1.02. The largest absolute Gasteiger partial charge is 0.397 e. The summed E-state index contributed by atoms with van der Waals surface area (Å²) in [5, 5.41) is 3.04. The SMILES string of the molecule is CNc1cc(CI)ccc1N. The molecule has 0 spiro atoms. The highest BCUT2D eigenvalue weighted by Gasteiger charge is 1.96. The van der Waals surface area contributed by atoms with Crippen molar-refractivity contribution in [3.63, 3.8) is 0 Å². The van der Waals surface area contributed by atoms with Crippen LogP contribution in [-0.4, -0.2) is 7.05 Å². The molecule has 0 bridgehead atoms. The lowest BCUT2D eigenvalue weighted by Gasteiger charge is -2.05. The maximum Gasteiger partial charge on any atom is 0.0574 e. The Hall–Kier alpha value is -0.450. The minimum atomic E-state index is 0.807. The van der Waals surface area contributed by atoms with Crippen LogP contribution in [-0.2, 0) is 4.43 Å². The van der Waals surface area contributed by atoms with Gasteiger partial charge in [-0.25, -0.2) is 0 Å². The molecule has 0 saturated carbocycles. The summed E-state index contributed by atoms with van der Waals surface area (Å²) in [6, 6.07) is 6.05. The number of hydrogen-bond acceptors (Lipinski definition) is 2. The molecule has 1 rings (SSSR count). The predicted molar refractivity (Wildman–Crippen MR) is 58.1 cm³/mol. The fourth-order valence-electron chi connectivity index (χ4n) is 0.903. The average Bonchev–Trinajstić information content (AvgIpc) is 2.05. The van der Waals surface area contributed by atoms with Crippen LogP contribution in [0.3, 0.4) is 0 Å². The number of rotatable bonds is 2. The Morgan fingerprint density at radius 3 is 2.82 bits per heavy atom. The monoisotopic (exact) mass is 262 g/mol. The summed E-state index contributed by atoms with van der Waals surface area (Å²) in [4.78, 5) is 0. The molecule has 0 fully saturated rings. The molecule has 11 heavy (non-hydrogen) atoms. The van der Waals surface area contributed by atoms with E-state index in [0.717, 1.165) is 15.8 Å². The first-order valence-electron chi connectivity index (χ1n) is 3.40. The van der Waals surface area contributed by atoms with Gasteiger partial charge in [0.05, 0.1) is 11.4 Å². The number of alkyl halides is 1. The third-order valence-electron chi connectivity index (χ3n) is 1.54. The van der Waals surface area contributed by atoms with Gasteiger partial charge in [0.25, 0.3) is 0 Å². The van der Waals surface area contributed by atoms with Gasteiger partial charge in [0, 0.05) is 11.5 Å². The third-order valence-corrected chi connectivity index (χ3v) is 2.42. The van der Waals surface area contributed by atoms with E-state index in [4.69, 9.17) is 5.73 Å². The highest BCUT2D eigenvalue weighted by Crippen LogP contribution is 2.20. The van der Waals surface area contributed by atoms with E-state index in [9.17, 15) is 0 Å². The zero-order chi connectivity index (χ0) is 8.27. The first-order chi connectivity index (χ1) is 5.27. The van der Waals surface area contributed by atoms with E-state index in [0.29, 0.717) is 0 Å². The lowest BCUT2D eigenvalue weighted by atomic mass is 10.2. The molecule has 0 heterocycles. The molecule has 0 aliphatic carbocycles. The van der Waals surface area contributed by atoms with Gasteiger partial charge in [-0.2, -0.15) is 0 Å². The molecule has 60 valence electrons. The van der Waals surface area contributed by atoms with Crippen molar-refractivity contribution in [2.45, 2.75) is 4.43 Å². The molecule has 0 unspecified atom stereocenters. The number of halogens is 1.